The predicted molar refractivity (Wildman–Crippen MR) is 81.3 cm³/mol. The summed E-state index contributed by atoms with van der Waals surface area (Å²) in [5.41, 5.74) is 1.25. The maximum absolute atomic E-state index is 12.3. The van der Waals surface area contributed by atoms with Crippen molar-refractivity contribution < 1.29 is 4.79 Å². The van der Waals surface area contributed by atoms with Gasteiger partial charge in [0.15, 0.2) is 0 Å². The van der Waals surface area contributed by atoms with E-state index in [0.29, 0.717) is 5.56 Å². The molecule has 0 radical (unpaired) electrons. The van der Waals surface area contributed by atoms with Crippen LogP contribution >= 0.6 is 0 Å². The van der Waals surface area contributed by atoms with Crippen molar-refractivity contribution in [3.8, 4) is 12.1 Å². The molecule has 0 aliphatic heterocycles. The van der Waals surface area contributed by atoms with Gasteiger partial charge < -0.3 is 4.90 Å². The zero-order valence-electron chi connectivity index (χ0n) is 12.7. The second kappa shape index (κ2) is 8.76. The van der Waals surface area contributed by atoms with E-state index in [0.717, 1.165) is 31.5 Å². The van der Waals surface area contributed by atoms with Crippen LogP contribution in [0, 0.1) is 22.7 Å². The molecule has 0 heterocycles. The van der Waals surface area contributed by atoms with Gasteiger partial charge in [0.25, 0.3) is 0 Å². The lowest BCUT2D eigenvalue weighted by Gasteiger charge is -2.22. The Balaban J connectivity index is 2.84. The lowest BCUT2D eigenvalue weighted by molar-refractivity contribution is -0.131. The minimum absolute atomic E-state index is 0.00705. The summed E-state index contributed by atoms with van der Waals surface area (Å²) in [6.45, 7) is 5.52. The summed E-state index contributed by atoms with van der Waals surface area (Å²) in [4.78, 5) is 14.1. The molecule has 0 aliphatic rings. The van der Waals surface area contributed by atoms with Gasteiger partial charge in [-0.25, -0.2) is 0 Å². The van der Waals surface area contributed by atoms with Gasteiger partial charge in [-0.05, 0) is 30.5 Å². The monoisotopic (exact) mass is 283 g/mol. The van der Waals surface area contributed by atoms with Crippen molar-refractivity contribution >= 4 is 5.91 Å². The zero-order valence-corrected chi connectivity index (χ0v) is 12.7. The highest BCUT2D eigenvalue weighted by Gasteiger charge is 2.19. The van der Waals surface area contributed by atoms with Crippen molar-refractivity contribution in [2.24, 2.45) is 0 Å². The lowest BCUT2D eigenvalue weighted by Crippen LogP contribution is -2.33. The third-order valence-electron chi connectivity index (χ3n) is 3.29. The molecule has 0 saturated carbocycles. The Morgan fingerprint density at radius 1 is 1.24 bits per heavy atom. The van der Waals surface area contributed by atoms with Crippen molar-refractivity contribution in [1.29, 1.82) is 10.5 Å². The van der Waals surface area contributed by atoms with Crippen molar-refractivity contribution in [2.45, 2.75) is 39.0 Å². The van der Waals surface area contributed by atoms with E-state index in [1.807, 2.05) is 18.7 Å². The van der Waals surface area contributed by atoms with E-state index in [1.165, 1.54) is 0 Å². The quantitative estimate of drug-likeness (QED) is 0.771. The van der Waals surface area contributed by atoms with Crippen molar-refractivity contribution in [1.82, 2.24) is 4.90 Å². The molecule has 1 rings (SSSR count). The van der Waals surface area contributed by atoms with E-state index in [4.69, 9.17) is 5.26 Å². The van der Waals surface area contributed by atoms with E-state index in [9.17, 15) is 10.1 Å². The minimum atomic E-state index is -0.498. The molecule has 4 heteroatoms. The number of amides is 1. The Labute approximate surface area is 126 Å². The number of hydrogen-bond acceptors (Lipinski definition) is 3. The first kappa shape index (κ1) is 16.7. The van der Waals surface area contributed by atoms with Crippen LogP contribution in [0.4, 0.5) is 0 Å². The number of carbonyl (C=O) groups is 1. The smallest absolute Gasteiger partial charge is 0.224 e. The number of nitrogens with zero attached hydrogens (tertiary/aromatic N) is 3. The van der Waals surface area contributed by atoms with Crippen LogP contribution in [0.2, 0.25) is 0 Å². The molecule has 0 fully saturated rings. The van der Waals surface area contributed by atoms with Crippen molar-refractivity contribution in [3.63, 3.8) is 0 Å². The number of hydrogen-bond donors (Lipinski definition) is 0. The molecule has 21 heavy (non-hydrogen) atoms. The summed E-state index contributed by atoms with van der Waals surface area (Å²) in [5, 5.41) is 18.2. The normalized spacial score (nSPS) is 11.2. The highest BCUT2D eigenvalue weighted by Crippen LogP contribution is 2.21. The molecule has 1 aromatic rings. The first-order valence-electron chi connectivity index (χ1n) is 7.33. The van der Waals surface area contributed by atoms with Gasteiger partial charge in [0.05, 0.1) is 23.6 Å². The second-order valence-electron chi connectivity index (χ2n) is 5.00. The van der Waals surface area contributed by atoms with E-state index < -0.39 is 5.92 Å². The van der Waals surface area contributed by atoms with Gasteiger partial charge in [-0.1, -0.05) is 26.0 Å². The van der Waals surface area contributed by atoms with Gasteiger partial charge in [0.2, 0.25) is 5.91 Å². The summed E-state index contributed by atoms with van der Waals surface area (Å²) >= 11 is 0. The Hall–Kier alpha value is -2.33. The van der Waals surface area contributed by atoms with Gasteiger partial charge in [-0.3, -0.25) is 4.79 Å². The fourth-order valence-corrected chi connectivity index (χ4v) is 2.27. The Morgan fingerprint density at radius 2 is 1.90 bits per heavy atom. The summed E-state index contributed by atoms with van der Waals surface area (Å²) in [6, 6.07) is 11.2. The Kier molecular flexibility index (Phi) is 6.98. The fourth-order valence-electron chi connectivity index (χ4n) is 2.27. The topological polar surface area (TPSA) is 67.9 Å². The largest absolute Gasteiger partial charge is 0.343 e. The van der Waals surface area contributed by atoms with E-state index in [2.05, 4.69) is 12.1 Å². The molecule has 0 aromatic heterocycles. The molecule has 1 atom stereocenters. The van der Waals surface area contributed by atoms with Gasteiger partial charge in [0, 0.05) is 19.5 Å². The van der Waals surface area contributed by atoms with Crippen LogP contribution < -0.4 is 0 Å². The number of benzene rings is 1. The molecule has 0 saturated heterocycles. The maximum Gasteiger partial charge on any atom is 0.224 e. The summed E-state index contributed by atoms with van der Waals surface area (Å²) < 4.78 is 0. The number of rotatable bonds is 7. The molecule has 0 N–H and O–H groups in total. The second-order valence-corrected chi connectivity index (χ2v) is 5.00. The maximum atomic E-state index is 12.3. The summed E-state index contributed by atoms with van der Waals surface area (Å²) in [6.07, 6.45) is 1.99. The molecule has 0 bridgehead atoms. The highest BCUT2D eigenvalue weighted by atomic mass is 16.2. The SMILES string of the molecule is CCCN(CCC)C(=O)CC(C#N)c1cccc(C#N)c1. The van der Waals surface area contributed by atoms with Crippen LogP contribution in [0.15, 0.2) is 24.3 Å². The first-order valence-corrected chi connectivity index (χ1v) is 7.33. The molecule has 1 unspecified atom stereocenters. The third-order valence-corrected chi connectivity index (χ3v) is 3.29. The minimum Gasteiger partial charge on any atom is -0.343 e. The highest BCUT2D eigenvalue weighted by molar-refractivity contribution is 5.77. The molecular weight excluding hydrogens is 262 g/mol. The summed E-state index contributed by atoms with van der Waals surface area (Å²) in [7, 11) is 0. The van der Waals surface area contributed by atoms with Gasteiger partial charge in [0.1, 0.15) is 0 Å². The van der Waals surface area contributed by atoms with Crippen LogP contribution in [0.25, 0.3) is 0 Å². The van der Waals surface area contributed by atoms with Crippen LogP contribution in [0.5, 0.6) is 0 Å². The van der Waals surface area contributed by atoms with Crippen LogP contribution in [-0.2, 0) is 4.79 Å². The Bertz CT molecular complexity index is 548. The fraction of sp³-hybridized carbons (Fsp3) is 0.471. The van der Waals surface area contributed by atoms with Crippen molar-refractivity contribution in [2.75, 3.05) is 13.1 Å². The molecular formula is C17H21N3O. The molecule has 4 nitrogen and oxygen atoms in total. The molecule has 1 amide bonds. The molecule has 110 valence electrons. The third kappa shape index (κ3) is 4.93. The first-order chi connectivity index (χ1) is 10.2. The van der Waals surface area contributed by atoms with E-state index >= 15 is 0 Å². The standard InChI is InChI=1S/C17H21N3O/c1-3-8-20(9-4-2)17(21)11-16(13-19)15-7-5-6-14(10-15)12-18/h5-7,10,16H,3-4,8-9,11H2,1-2H3. The van der Waals surface area contributed by atoms with Gasteiger partial charge in [-0.15, -0.1) is 0 Å². The van der Waals surface area contributed by atoms with Gasteiger partial charge >= 0.3 is 0 Å². The Morgan fingerprint density at radius 3 is 2.43 bits per heavy atom. The molecule has 0 aliphatic carbocycles. The lowest BCUT2D eigenvalue weighted by atomic mass is 9.95. The number of nitriles is 2. The average molecular weight is 283 g/mol. The van der Waals surface area contributed by atoms with Crippen LogP contribution in [-0.4, -0.2) is 23.9 Å². The summed E-state index contributed by atoms with van der Waals surface area (Å²) in [5.74, 6) is -0.491. The van der Waals surface area contributed by atoms with Crippen LogP contribution in [0.3, 0.4) is 0 Å². The van der Waals surface area contributed by atoms with Crippen LogP contribution in [0.1, 0.15) is 50.2 Å². The predicted octanol–water partition coefficient (Wildman–Crippen LogP) is 3.20. The van der Waals surface area contributed by atoms with E-state index in [-0.39, 0.29) is 12.3 Å². The molecule has 0 spiro atoms. The number of carbonyl (C=O) groups excluding carboxylic acids is 1. The average Bonchev–Trinajstić information content (AvgIpc) is 2.52. The van der Waals surface area contributed by atoms with Gasteiger partial charge in [-0.2, -0.15) is 10.5 Å². The molecule has 1 aromatic carbocycles. The van der Waals surface area contributed by atoms with Crippen molar-refractivity contribution in [3.05, 3.63) is 35.4 Å². The zero-order chi connectivity index (χ0) is 15.7. The van der Waals surface area contributed by atoms with E-state index in [1.54, 1.807) is 24.3 Å².